The number of nitrogens with two attached hydrogens (primary N) is 1. The topological polar surface area (TPSA) is 84.0 Å². The highest BCUT2D eigenvalue weighted by Gasteiger charge is 2.17. The van der Waals surface area contributed by atoms with Crippen LogP contribution in [0.4, 0.5) is 5.82 Å². The molecule has 3 N–H and O–H groups in total. The third-order valence-electron chi connectivity index (χ3n) is 3.29. The van der Waals surface area contributed by atoms with Crippen molar-refractivity contribution >= 4 is 11.7 Å². The Morgan fingerprint density at radius 1 is 1.63 bits per heavy atom. The molecule has 0 radical (unpaired) electrons. The number of amidine groups is 1. The maximum Gasteiger partial charge on any atom is 0.170 e. The Balaban J connectivity index is 2.03. The molecule has 6 nitrogen and oxygen atoms in total. The van der Waals surface area contributed by atoms with Gasteiger partial charge in [0.15, 0.2) is 5.84 Å². The van der Waals surface area contributed by atoms with Gasteiger partial charge in [0.2, 0.25) is 0 Å². The number of hydrogen-bond donors (Lipinski definition) is 2. The first-order valence-electron chi connectivity index (χ1n) is 6.47. The van der Waals surface area contributed by atoms with Crippen LogP contribution >= 0.6 is 0 Å². The van der Waals surface area contributed by atoms with Crippen molar-refractivity contribution < 1.29 is 9.94 Å². The summed E-state index contributed by atoms with van der Waals surface area (Å²) in [6, 6.07) is 3.52. The van der Waals surface area contributed by atoms with Gasteiger partial charge in [-0.1, -0.05) is 5.16 Å². The van der Waals surface area contributed by atoms with Crippen molar-refractivity contribution in [1.29, 1.82) is 0 Å². The minimum Gasteiger partial charge on any atom is -0.409 e. The molecule has 2 heterocycles. The molecule has 0 bridgehead atoms. The van der Waals surface area contributed by atoms with Crippen LogP contribution in [0.3, 0.4) is 0 Å². The molecule has 1 saturated heterocycles. The van der Waals surface area contributed by atoms with E-state index in [1.807, 2.05) is 11.9 Å². The van der Waals surface area contributed by atoms with Crippen LogP contribution in [0.5, 0.6) is 0 Å². The molecule has 0 amide bonds. The summed E-state index contributed by atoms with van der Waals surface area (Å²) in [5.41, 5.74) is 6.23. The molecule has 19 heavy (non-hydrogen) atoms. The minimum absolute atomic E-state index is 0.0889. The number of hydrogen-bond acceptors (Lipinski definition) is 5. The van der Waals surface area contributed by atoms with Crippen LogP contribution in [0.25, 0.3) is 0 Å². The number of aromatic nitrogens is 1. The summed E-state index contributed by atoms with van der Waals surface area (Å²) >= 11 is 0. The summed E-state index contributed by atoms with van der Waals surface area (Å²) in [6.07, 6.45) is 5.37. The van der Waals surface area contributed by atoms with Crippen LogP contribution in [-0.4, -0.2) is 42.3 Å². The van der Waals surface area contributed by atoms with Gasteiger partial charge in [0.1, 0.15) is 5.82 Å². The molecule has 6 heteroatoms. The van der Waals surface area contributed by atoms with E-state index in [4.69, 9.17) is 15.7 Å². The molecule has 1 aromatic rings. The predicted molar refractivity (Wildman–Crippen MR) is 73.6 cm³/mol. The normalized spacial score (nSPS) is 20.3. The molecule has 1 atom stereocenters. The summed E-state index contributed by atoms with van der Waals surface area (Å²) in [4.78, 5) is 6.33. The molecule has 104 valence electrons. The average Bonchev–Trinajstić information content (AvgIpc) is 2.47. The van der Waals surface area contributed by atoms with Crippen LogP contribution in [0.15, 0.2) is 23.5 Å². The lowest BCUT2D eigenvalue weighted by Crippen LogP contribution is -2.33. The van der Waals surface area contributed by atoms with Gasteiger partial charge >= 0.3 is 0 Å². The van der Waals surface area contributed by atoms with Gasteiger partial charge in [0.25, 0.3) is 0 Å². The zero-order valence-electron chi connectivity index (χ0n) is 11.1. The van der Waals surface area contributed by atoms with Gasteiger partial charge < -0.3 is 20.6 Å². The molecular formula is C13H20N4O2. The monoisotopic (exact) mass is 264 g/mol. The fraction of sp³-hybridized carbons (Fsp3) is 0.538. The number of oxime groups is 1. The van der Waals surface area contributed by atoms with E-state index < -0.39 is 0 Å². The zero-order chi connectivity index (χ0) is 13.7. The number of likely N-dealkylation sites (N-methyl/N-ethyl adjacent to an activating group) is 1. The molecule has 2 rings (SSSR count). The van der Waals surface area contributed by atoms with Gasteiger partial charge in [-0.15, -0.1) is 0 Å². The summed E-state index contributed by atoms with van der Waals surface area (Å²) in [7, 11) is 1.97. The Kier molecular flexibility index (Phi) is 4.57. The lowest BCUT2D eigenvalue weighted by Gasteiger charge is -2.28. The van der Waals surface area contributed by atoms with Gasteiger partial charge in [-0.3, -0.25) is 0 Å². The van der Waals surface area contributed by atoms with E-state index in [1.54, 1.807) is 18.3 Å². The molecule has 1 aliphatic rings. The van der Waals surface area contributed by atoms with E-state index in [-0.39, 0.29) is 11.9 Å². The Bertz CT molecular complexity index is 444. The van der Waals surface area contributed by atoms with E-state index in [0.717, 1.165) is 31.8 Å². The van der Waals surface area contributed by atoms with Gasteiger partial charge in [0.05, 0.1) is 6.10 Å². The third-order valence-corrected chi connectivity index (χ3v) is 3.29. The van der Waals surface area contributed by atoms with Crippen LogP contribution in [0.1, 0.15) is 24.8 Å². The van der Waals surface area contributed by atoms with Crippen LogP contribution in [0, 0.1) is 0 Å². The molecule has 0 spiro atoms. The molecule has 1 fully saturated rings. The summed E-state index contributed by atoms with van der Waals surface area (Å²) in [6.45, 7) is 1.64. The van der Waals surface area contributed by atoms with Crippen molar-refractivity contribution in [2.75, 3.05) is 25.1 Å². The van der Waals surface area contributed by atoms with Gasteiger partial charge in [-0.05, 0) is 31.4 Å². The Hall–Kier alpha value is -1.82. The number of pyridine rings is 1. The molecule has 1 unspecified atom stereocenters. The van der Waals surface area contributed by atoms with E-state index in [1.165, 1.54) is 6.42 Å². The molecule has 0 aliphatic carbocycles. The van der Waals surface area contributed by atoms with Crippen LogP contribution in [0.2, 0.25) is 0 Å². The van der Waals surface area contributed by atoms with Crippen molar-refractivity contribution in [3.05, 3.63) is 23.9 Å². The fourth-order valence-electron chi connectivity index (χ4n) is 2.19. The maximum absolute atomic E-state index is 8.69. The highest BCUT2D eigenvalue weighted by atomic mass is 16.5. The highest BCUT2D eigenvalue weighted by molar-refractivity contribution is 5.97. The molecule has 0 aromatic carbocycles. The molecular weight excluding hydrogens is 244 g/mol. The minimum atomic E-state index is 0.0889. The Labute approximate surface area is 112 Å². The maximum atomic E-state index is 8.69. The fourth-order valence-corrected chi connectivity index (χ4v) is 2.19. The second-order valence-corrected chi connectivity index (χ2v) is 4.76. The van der Waals surface area contributed by atoms with Gasteiger partial charge in [-0.25, -0.2) is 4.98 Å². The molecule has 1 aromatic heterocycles. The lowest BCUT2D eigenvalue weighted by atomic mass is 10.1. The quantitative estimate of drug-likeness (QED) is 0.369. The summed E-state index contributed by atoms with van der Waals surface area (Å²) in [5, 5.41) is 11.7. The second kappa shape index (κ2) is 6.38. The molecule has 1 aliphatic heterocycles. The van der Waals surface area contributed by atoms with E-state index in [9.17, 15) is 0 Å². The number of rotatable bonds is 4. The SMILES string of the molecule is CN(CC1CCCCO1)c1cc(C(N)=NO)ccn1. The zero-order valence-corrected chi connectivity index (χ0v) is 11.1. The van der Waals surface area contributed by atoms with E-state index in [0.29, 0.717) is 5.56 Å². The van der Waals surface area contributed by atoms with Crippen LogP contribution < -0.4 is 10.6 Å². The average molecular weight is 264 g/mol. The first-order valence-corrected chi connectivity index (χ1v) is 6.47. The second-order valence-electron chi connectivity index (χ2n) is 4.76. The largest absolute Gasteiger partial charge is 0.409 e. The summed E-state index contributed by atoms with van der Waals surface area (Å²) < 4.78 is 5.71. The Morgan fingerprint density at radius 3 is 3.16 bits per heavy atom. The lowest BCUT2D eigenvalue weighted by molar-refractivity contribution is 0.0215. The first kappa shape index (κ1) is 13.6. The van der Waals surface area contributed by atoms with E-state index >= 15 is 0 Å². The molecule has 0 saturated carbocycles. The Morgan fingerprint density at radius 2 is 2.47 bits per heavy atom. The van der Waals surface area contributed by atoms with Crippen molar-refractivity contribution in [1.82, 2.24) is 4.98 Å². The number of nitrogens with zero attached hydrogens (tertiary/aromatic N) is 3. The predicted octanol–water partition coefficient (Wildman–Crippen LogP) is 1.18. The van der Waals surface area contributed by atoms with Crippen molar-refractivity contribution in [3.8, 4) is 0 Å². The summed E-state index contributed by atoms with van der Waals surface area (Å²) in [5.74, 6) is 0.879. The third kappa shape index (κ3) is 3.57. The van der Waals surface area contributed by atoms with Crippen molar-refractivity contribution in [3.63, 3.8) is 0 Å². The first-order chi connectivity index (χ1) is 9.20. The van der Waals surface area contributed by atoms with Gasteiger partial charge in [0, 0.05) is 32.0 Å². The number of anilines is 1. The van der Waals surface area contributed by atoms with Crippen molar-refractivity contribution in [2.45, 2.75) is 25.4 Å². The van der Waals surface area contributed by atoms with Gasteiger partial charge in [-0.2, -0.15) is 0 Å². The van der Waals surface area contributed by atoms with Crippen LogP contribution in [-0.2, 0) is 4.74 Å². The van der Waals surface area contributed by atoms with E-state index in [2.05, 4.69) is 10.1 Å². The van der Waals surface area contributed by atoms with Crippen molar-refractivity contribution in [2.24, 2.45) is 10.9 Å². The highest BCUT2D eigenvalue weighted by Crippen LogP contribution is 2.17. The standard InChI is InChI=1S/C13H20N4O2/c1-17(9-11-4-2-3-7-19-11)12-8-10(5-6-15-12)13(14)16-18/h5-6,8,11,18H,2-4,7,9H2,1H3,(H2,14,16). The smallest absolute Gasteiger partial charge is 0.170 e. The number of ether oxygens (including phenoxy) is 1.